The van der Waals surface area contributed by atoms with Crippen LogP contribution in [0, 0.1) is 6.92 Å². The first-order chi connectivity index (χ1) is 13.6. The molecule has 28 heavy (non-hydrogen) atoms. The van der Waals surface area contributed by atoms with Gasteiger partial charge < -0.3 is 4.90 Å². The number of anilines is 1. The monoisotopic (exact) mass is 407 g/mol. The van der Waals surface area contributed by atoms with Crippen LogP contribution >= 0.6 is 23.1 Å². The summed E-state index contributed by atoms with van der Waals surface area (Å²) in [5.41, 5.74) is 3.91. The molecule has 2 aromatic carbocycles. The van der Waals surface area contributed by atoms with E-state index in [2.05, 4.69) is 65.6 Å². The second-order valence-electron chi connectivity index (χ2n) is 7.75. The van der Waals surface area contributed by atoms with E-state index >= 15 is 0 Å². The average Bonchev–Trinajstić information content (AvgIpc) is 3.09. The highest BCUT2D eigenvalue weighted by molar-refractivity contribution is 7.11. The van der Waals surface area contributed by atoms with E-state index in [9.17, 15) is 0 Å². The van der Waals surface area contributed by atoms with E-state index in [1.54, 1.807) is 11.5 Å². The number of aryl methyl sites for hydroxylation is 1. The average molecular weight is 408 g/mol. The Kier molecular flexibility index (Phi) is 4.48. The first-order valence-electron chi connectivity index (χ1n) is 9.84. The van der Waals surface area contributed by atoms with Crippen molar-refractivity contribution in [2.24, 2.45) is 0 Å². The third-order valence-electron chi connectivity index (χ3n) is 5.76. The molecule has 1 aliphatic heterocycles. The van der Waals surface area contributed by atoms with Gasteiger partial charge in [-0.2, -0.15) is 4.37 Å². The lowest BCUT2D eigenvalue weighted by Crippen LogP contribution is -2.36. The molecule has 0 saturated carbocycles. The van der Waals surface area contributed by atoms with Gasteiger partial charge >= 0.3 is 0 Å². The topological polar surface area (TPSA) is 29.0 Å². The molecule has 1 atom stereocenters. The first kappa shape index (κ1) is 17.9. The van der Waals surface area contributed by atoms with Crippen molar-refractivity contribution in [1.82, 2.24) is 9.36 Å². The van der Waals surface area contributed by atoms with Crippen LogP contribution in [0.15, 0.2) is 42.5 Å². The van der Waals surface area contributed by atoms with Gasteiger partial charge in [0.15, 0.2) is 5.65 Å². The highest BCUT2D eigenvalue weighted by atomic mass is 35.5. The van der Waals surface area contributed by atoms with Crippen molar-refractivity contribution < 1.29 is 0 Å². The number of fused-ring (bicyclic) bond motifs is 2. The maximum atomic E-state index is 6.77. The summed E-state index contributed by atoms with van der Waals surface area (Å²) in [6.45, 7) is 5.49. The minimum Gasteiger partial charge on any atom is -0.359 e. The molecule has 1 unspecified atom stereocenters. The predicted molar refractivity (Wildman–Crippen MR) is 121 cm³/mol. The summed E-state index contributed by atoms with van der Waals surface area (Å²) in [5.74, 6) is 0. The molecule has 3 heterocycles. The second-order valence-corrected chi connectivity index (χ2v) is 8.91. The van der Waals surface area contributed by atoms with Crippen LogP contribution < -0.4 is 4.90 Å². The lowest BCUT2D eigenvalue weighted by molar-refractivity contribution is 0.488. The third kappa shape index (κ3) is 2.96. The molecule has 1 fully saturated rings. The molecule has 5 heteroatoms. The number of piperidine rings is 1. The van der Waals surface area contributed by atoms with Gasteiger partial charge in [-0.1, -0.05) is 53.6 Å². The Bertz CT molecular complexity index is 1180. The third-order valence-corrected chi connectivity index (χ3v) is 6.94. The molecule has 1 aliphatic rings. The second kappa shape index (κ2) is 7.02. The number of aromatic nitrogens is 2. The van der Waals surface area contributed by atoms with E-state index in [-0.39, 0.29) is 0 Å². The van der Waals surface area contributed by atoms with Crippen molar-refractivity contribution in [3.8, 4) is 11.3 Å². The minimum atomic E-state index is 0.539. The Labute approximate surface area is 174 Å². The fourth-order valence-electron chi connectivity index (χ4n) is 4.25. The van der Waals surface area contributed by atoms with Crippen LogP contribution in [-0.4, -0.2) is 21.9 Å². The van der Waals surface area contributed by atoms with E-state index in [1.165, 1.54) is 40.6 Å². The number of hydrogen-bond acceptors (Lipinski definition) is 4. The summed E-state index contributed by atoms with van der Waals surface area (Å²) in [6, 6.07) is 15.4. The standard InChI is InChI=1S/C23H22ClN3S/c1-14-9-10-17-16(12-14)7-5-8-18(17)21-20(24)13-19-22(25-21)26-28-23(19)27-11-4-3-6-15(27)2/h5,7-10,12-13,15H,3-4,6,11H2,1-2H3. The molecule has 5 rings (SSSR count). The molecule has 0 radical (unpaired) electrons. The first-order valence-corrected chi connectivity index (χ1v) is 11.0. The number of halogens is 1. The van der Waals surface area contributed by atoms with Crippen LogP contribution in [0.5, 0.6) is 0 Å². The Hall–Kier alpha value is -2.17. The molecule has 2 aromatic heterocycles. The van der Waals surface area contributed by atoms with Crippen molar-refractivity contribution in [1.29, 1.82) is 0 Å². The number of pyridine rings is 1. The highest BCUT2D eigenvalue weighted by Gasteiger charge is 2.24. The van der Waals surface area contributed by atoms with Gasteiger partial charge in [0.05, 0.1) is 16.1 Å². The van der Waals surface area contributed by atoms with E-state index in [1.807, 2.05) is 0 Å². The van der Waals surface area contributed by atoms with Gasteiger partial charge in [0.25, 0.3) is 0 Å². The Morgan fingerprint density at radius 1 is 1.11 bits per heavy atom. The van der Waals surface area contributed by atoms with Crippen molar-refractivity contribution in [2.75, 3.05) is 11.4 Å². The molecule has 3 nitrogen and oxygen atoms in total. The maximum absolute atomic E-state index is 6.77. The summed E-state index contributed by atoms with van der Waals surface area (Å²) >= 11 is 8.32. The summed E-state index contributed by atoms with van der Waals surface area (Å²) in [5, 5.41) is 5.34. The molecule has 0 amide bonds. The molecule has 0 aliphatic carbocycles. The summed E-state index contributed by atoms with van der Waals surface area (Å²) < 4.78 is 4.68. The lowest BCUT2D eigenvalue weighted by Gasteiger charge is -2.34. The van der Waals surface area contributed by atoms with Gasteiger partial charge in [0, 0.05) is 18.2 Å². The van der Waals surface area contributed by atoms with Gasteiger partial charge in [-0.15, -0.1) is 0 Å². The van der Waals surface area contributed by atoms with Crippen LogP contribution in [0.1, 0.15) is 31.7 Å². The van der Waals surface area contributed by atoms with Crippen LogP contribution in [0.25, 0.3) is 33.1 Å². The molecular weight excluding hydrogens is 386 g/mol. The summed E-state index contributed by atoms with van der Waals surface area (Å²) in [6.07, 6.45) is 3.77. The minimum absolute atomic E-state index is 0.539. The van der Waals surface area contributed by atoms with Gasteiger partial charge in [0.1, 0.15) is 5.00 Å². The van der Waals surface area contributed by atoms with E-state index in [0.29, 0.717) is 11.1 Å². The zero-order valence-electron chi connectivity index (χ0n) is 16.1. The zero-order valence-corrected chi connectivity index (χ0v) is 17.6. The predicted octanol–water partition coefficient (Wildman–Crippen LogP) is 6.85. The van der Waals surface area contributed by atoms with Gasteiger partial charge in [-0.05, 0) is 61.5 Å². The van der Waals surface area contributed by atoms with Crippen LogP contribution in [0.4, 0.5) is 5.00 Å². The van der Waals surface area contributed by atoms with Crippen molar-refractivity contribution in [3.05, 3.63) is 53.1 Å². The van der Waals surface area contributed by atoms with Crippen molar-refractivity contribution in [3.63, 3.8) is 0 Å². The van der Waals surface area contributed by atoms with Crippen LogP contribution in [0.2, 0.25) is 5.02 Å². The lowest BCUT2D eigenvalue weighted by atomic mass is 10.00. The van der Waals surface area contributed by atoms with Gasteiger partial charge in [-0.3, -0.25) is 0 Å². The maximum Gasteiger partial charge on any atom is 0.175 e. The Morgan fingerprint density at radius 2 is 2.00 bits per heavy atom. The molecule has 1 saturated heterocycles. The molecular formula is C23H22ClN3S. The molecule has 0 spiro atoms. The van der Waals surface area contributed by atoms with Crippen molar-refractivity contribution >= 4 is 49.9 Å². The highest BCUT2D eigenvalue weighted by Crippen LogP contribution is 2.39. The molecule has 142 valence electrons. The summed E-state index contributed by atoms with van der Waals surface area (Å²) in [4.78, 5) is 7.37. The number of hydrogen-bond donors (Lipinski definition) is 0. The number of nitrogens with zero attached hydrogens (tertiary/aromatic N) is 3. The fourth-order valence-corrected chi connectivity index (χ4v) is 5.44. The fraction of sp³-hybridized carbons (Fsp3) is 0.304. The van der Waals surface area contributed by atoms with Gasteiger partial charge in [-0.25, -0.2) is 4.98 Å². The SMILES string of the molecule is Cc1ccc2c(-c3nc4nsc(N5CCCCC5C)c4cc3Cl)cccc2c1. The quantitative estimate of drug-likeness (QED) is 0.363. The molecule has 0 N–H and O–H groups in total. The molecule has 0 bridgehead atoms. The number of rotatable bonds is 2. The van der Waals surface area contributed by atoms with Crippen LogP contribution in [-0.2, 0) is 0 Å². The summed E-state index contributed by atoms with van der Waals surface area (Å²) in [7, 11) is 0. The smallest absolute Gasteiger partial charge is 0.175 e. The normalized spacial score (nSPS) is 17.5. The largest absolute Gasteiger partial charge is 0.359 e. The van der Waals surface area contributed by atoms with E-state index in [0.717, 1.165) is 28.8 Å². The van der Waals surface area contributed by atoms with Crippen LogP contribution in [0.3, 0.4) is 0 Å². The Balaban J connectivity index is 1.66. The van der Waals surface area contributed by atoms with E-state index in [4.69, 9.17) is 16.6 Å². The van der Waals surface area contributed by atoms with Gasteiger partial charge in [0.2, 0.25) is 0 Å². The van der Waals surface area contributed by atoms with Crippen molar-refractivity contribution in [2.45, 2.75) is 39.2 Å². The Morgan fingerprint density at radius 3 is 2.86 bits per heavy atom. The molecule has 4 aromatic rings. The number of benzene rings is 2. The van der Waals surface area contributed by atoms with E-state index < -0.39 is 0 Å². The zero-order chi connectivity index (χ0) is 19.3.